The van der Waals surface area contributed by atoms with E-state index in [0.717, 1.165) is 18.2 Å². The lowest BCUT2D eigenvalue weighted by molar-refractivity contribution is -0.384. The number of alkyl halides is 2. The van der Waals surface area contributed by atoms with Crippen LogP contribution in [0.15, 0.2) is 18.2 Å². The second kappa shape index (κ2) is 5.34. The van der Waals surface area contributed by atoms with Crippen LogP contribution in [0.2, 0.25) is 0 Å². The number of thiocarbonyl (C=S) groups is 1. The molecule has 0 fully saturated rings. The Labute approximate surface area is 99.5 Å². The van der Waals surface area contributed by atoms with Gasteiger partial charge in [0.1, 0.15) is 5.75 Å². The number of halogens is 2. The number of nitrogens with one attached hydrogen (secondary N) is 1. The van der Waals surface area contributed by atoms with Gasteiger partial charge in [0.15, 0.2) is 5.11 Å². The molecule has 0 amide bonds. The molecule has 6 nitrogen and oxygen atoms in total. The fourth-order valence-corrected chi connectivity index (χ4v) is 1.17. The van der Waals surface area contributed by atoms with E-state index in [9.17, 15) is 18.9 Å². The summed E-state index contributed by atoms with van der Waals surface area (Å²) in [6.45, 7) is -3.05. The quantitative estimate of drug-likeness (QED) is 0.489. The summed E-state index contributed by atoms with van der Waals surface area (Å²) in [5, 5.41) is 12.6. The highest BCUT2D eigenvalue weighted by Gasteiger charge is 2.15. The van der Waals surface area contributed by atoms with Crippen molar-refractivity contribution in [2.75, 3.05) is 5.32 Å². The van der Waals surface area contributed by atoms with Gasteiger partial charge in [0, 0.05) is 12.1 Å². The van der Waals surface area contributed by atoms with E-state index in [4.69, 9.17) is 5.73 Å². The molecule has 9 heteroatoms. The predicted octanol–water partition coefficient (Wildman–Crippen LogP) is 1.85. The first-order chi connectivity index (χ1) is 7.90. The number of hydrogen-bond acceptors (Lipinski definition) is 4. The number of rotatable bonds is 4. The van der Waals surface area contributed by atoms with Crippen LogP contribution in [0.1, 0.15) is 0 Å². The zero-order chi connectivity index (χ0) is 13.0. The van der Waals surface area contributed by atoms with E-state index in [1.165, 1.54) is 0 Å². The number of anilines is 1. The maximum Gasteiger partial charge on any atom is 0.387 e. The smallest absolute Gasteiger partial charge is 0.387 e. The van der Waals surface area contributed by atoms with Crippen molar-refractivity contribution in [1.29, 1.82) is 0 Å². The molecule has 17 heavy (non-hydrogen) atoms. The molecule has 0 radical (unpaired) electrons. The summed E-state index contributed by atoms with van der Waals surface area (Å²) >= 11 is 4.51. The number of nitro groups is 1. The van der Waals surface area contributed by atoms with Gasteiger partial charge in [0.05, 0.1) is 10.6 Å². The van der Waals surface area contributed by atoms with Crippen LogP contribution in [-0.2, 0) is 0 Å². The molecule has 0 aromatic heterocycles. The summed E-state index contributed by atoms with van der Waals surface area (Å²) in [5.41, 5.74) is 4.77. The fourth-order valence-electron chi connectivity index (χ4n) is 1.06. The normalized spacial score (nSPS) is 10.1. The van der Waals surface area contributed by atoms with Crippen molar-refractivity contribution in [2.45, 2.75) is 6.61 Å². The van der Waals surface area contributed by atoms with E-state index in [1.807, 2.05) is 0 Å². The van der Waals surface area contributed by atoms with E-state index in [2.05, 4.69) is 22.3 Å². The van der Waals surface area contributed by atoms with Crippen molar-refractivity contribution in [3.8, 4) is 5.75 Å². The number of nitrogens with two attached hydrogens (primary N) is 1. The Morgan fingerprint density at radius 2 is 2.24 bits per heavy atom. The third kappa shape index (κ3) is 3.79. The first kappa shape index (κ1) is 13.0. The van der Waals surface area contributed by atoms with Crippen LogP contribution in [0, 0.1) is 10.1 Å². The standard InChI is InChI=1S/C8H7F2N3O3S/c9-7(10)16-6-2-1-4(13(14)15)3-5(6)12-8(11)17/h1-3,7H,(H3,11,12,17). The number of ether oxygens (including phenoxy) is 1. The summed E-state index contributed by atoms with van der Waals surface area (Å²) in [4.78, 5) is 9.81. The summed E-state index contributed by atoms with van der Waals surface area (Å²) in [5.74, 6) is -0.279. The lowest BCUT2D eigenvalue weighted by Gasteiger charge is -2.11. The van der Waals surface area contributed by atoms with Gasteiger partial charge in [0.2, 0.25) is 0 Å². The Balaban J connectivity index is 3.11. The first-order valence-corrected chi connectivity index (χ1v) is 4.60. The minimum absolute atomic E-state index is 0.0907. The average Bonchev–Trinajstić information content (AvgIpc) is 2.18. The molecule has 3 N–H and O–H groups in total. The van der Waals surface area contributed by atoms with Crippen LogP contribution in [0.4, 0.5) is 20.2 Å². The molecule has 1 rings (SSSR count). The van der Waals surface area contributed by atoms with Gasteiger partial charge >= 0.3 is 6.61 Å². The molecule has 0 heterocycles. The topological polar surface area (TPSA) is 90.4 Å². The fraction of sp³-hybridized carbons (Fsp3) is 0.125. The molecular formula is C8H7F2N3O3S. The Morgan fingerprint density at radius 1 is 1.59 bits per heavy atom. The van der Waals surface area contributed by atoms with Gasteiger partial charge in [-0.3, -0.25) is 10.1 Å². The molecule has 0 saturated heterocycles. The van der Waals surface area contributed by atoms with Crippen LogP contribution in [0.25, 0.3) is 0 Å². The van der Waals surface area contributed by atoms with E-state index < -0.39 is 11.5 Å². The van der Waals surface area contributed by atoms with Gasteiger partial charge in [-0.25, -0.2) is 0 Å². The van der Waals surface area contributed by atoms with Crippen molar-refractivity contribution in [2.24, 2.45) is 5.73 Å². The second-order valence-corrected chi connectivity index (χ2v) is 3.25. The predicted molar refractivity (Wildman–Crippen MR) is 60.1 cm³/mol. The molecule has 0 atom stereocenters. The lowest BCUT2D eigenvalue weighted by Crippen LogP contribution is -2.20. The Kier molecular flexibility index (Phi) is 4.10. The number of nitrogens with zero attached hydrogens (tertiary/aromatic N) is 1. The van der Waals surface area contributed by atoms with Crippen LogP contribution >= 0.6 is 12.2 Å². The van der Waals surface area contributed by atoms with Crippen LogP contribution < -0.4 is 15.8 Å². The summed E-state index contributed by atoms with van der Waals surface area (Å²) in [6.07, 6.45) is 0. The molecule has 0 unspecified atom stereocenters. The van der Waals surface area contributed by atoms with E-state index in [0.29, 0.717) is 0 Å². The molecule has 0 aliphatic rings. The Hall–Kier alpha value is -2.03. The zero-order valence-corrected chi connectivity index (χ0v) is 9.04. The Bertz CT molecular complexity index is 456. The molecule has 0 aliphatic heterocycles. The van der Waals surface area contributed by atoms with Crippen molar-refractivity contribution in [3.05, 3.63) is 28.3 Å². The highest BCUT2D eigenvalue weighted by molar-refractivity contribution is 7.80. The average molecular weight is 263 g/mol. The first-order valence-electron chi connectivity index (χ1n) is 4.20. The summed E-state index contributed by atoms with van der Waals surface area (Å²) in [7, 11) is 0. The lowest BCUT2D eigenvalue weighted by atomic mass is 10.2. The van der Waals surface area contributed by atoms with Crippen LogP contribution in [0.3, 0.4) is 0 Å². The molecule has 1 aromatic rings. The van der Waals surface area contributed by atoms with Crippen LogP contribution in [0.5, 0.6) is 5.75 Å². The van der Waals surface area contributed by atoms with Crippen molar-refractivity contribution in [1.82, 2.24) is 0 Å². The summed E-state index contributed by atoms with van der Waals surface area (Å²) in [6, 6.07) is 3.06. The number of nitro benzene ring substituents is 1. The van der Waals surface area contributed by atoms with Crippen molar-refractivity contribution in [3.63, 3.8) is 0 Å². The van der Waals surface area contributed by atoms with Gasteiger partial charge in [0.25, 0.3) is 5.69 Å². The minimum Gasteiger partial charge on any atom is -0.433 e. The highest BCUT2D eigenvalue weighted by atomic mass is 32.1. The number of non-ortho nitro benzene ring substituents is 1. The zero-order valence-electron chi connectivity index (χ0n) is 8.22. The molecule has 92 valence electrons. The third-order valence-electron chi connectivity index (χ3n) is 1.65. The number of benzene rings is 1. The van der Waals surface area contributed by atoms with Gasteiger partial charge in [-0.1, -0.05) is 0 Å². The molecular weight excluding hydrogens is 256 g/mol. The monoisotopic (exact) mass is 263 g/mol. The highest BCUT2D eigenvalue weighted by Crippen LogP contribution is 2.30. The third-order valence-corrected chi connectivity index (χ3v) is 1.75. The van der Waals surface area contributed by atoms with E-state index in [-0.39, 0.29) is 22.2 Å². The van der Waals surface area contributed by atoms with Gasteiger partial charge in [-0.15, -0.1) is 0 Å². The van der Waals surface area contributed by atoms with E-state index in [1.54, 1.807) is 0 Å². The van der Waals surface area contributed by atoms with Gasteiger partial charge in [-0.2, -0.15) is 8.78 Å². The maximum atomic E-state index is 12.0. The minimum atomic E-state index is -3.05. The molecule has 0 bridgehead atoms. The SMILES string of the molecule is NC(=S)Nc1cc([N+](=O)[O-])ccc1OC(F)F. The second-order valence-electron chi connectivity index (χ2n) is 2.81. The van der Waals surface area contributed by atoms with Crippen molar-refractivity contribution < 1.29 is 18.4 Å². The Morgan fingerprint density at radius 3 is 2.71 bits per heavy atom. The van der Waals surface area contributed by atoms with Gasteiger partial charge in [-0.05, 0) is 18.3 Å². The molecule has 1 aromatic carbocycles. The summed E-state index contributed by atoms with van der Waals surface area (Å²) < 4.78 is 28.2. The maximum absolute atomic E-state index is 12.0. The largest absolute Gasteiger partial charge is 0.433 e. The number of hydrogen-bond donors (Lipinski definition) is 2. The molecule has 0 spiro atoms. The molecule has 0 saturated carbocycles. The molecule has 0 aliphatic carbocycles. The van der Waals surface area contributed by atoms with E-state index >= 15 is 0 Å². The van der Waals surface area contributed by atoms with Crippen LogP contribution in [-0.4, -0.2) is 16.6 Å². The van der Waals surface area contributed by atoms with Crippen molar-refractivity contribution >= 4 is 28.7 Å². The van der Waals surface area contributed by atoms with Gasteiger partial charge < -0.3 is 15.8 Å².